The molecule has 5 nitrogen and oxygen atoms in total. The molecule has 2 rings (SSSR count). The van der Waals surface area contributed by atoms with Gasteiger partial charge in [-0.05, 0) is 55.7 Å². The Bertz CT molecular complexity index is 720. The van der Waals surface area contributed by atoms with Gasteiger partial charge in [0.2, 0.25) is 11.8 Å². The second kappa shape index (κ2) is 9.52. The second-order valence-electron chi connectivity index (χ2n) is 5.83. The Hall–Kier alpha value is -2.76. The lowest BCUT2D eigenvalue weighted by atomic mass is 10.1. The molecule has 25 heavy (non-hydrogen) atoms. The van der Waals surface area contributed by atoms with E-state index in [0.29, 0.717) is 42.8 Å². The minimum Gasteiger partial charge on any atom is -0.326 e. The number of hydrogen-bond acceptors (Lipinski definition) is 3. The molecule has 2 amide bonds. The summed E-state index contributed by atoms with van der Waals surface area (Å²) < 4.78 is 13.0. The van der Waals surface area contributed by atoms with Gasteiger partial charge in [0.05, 0.1) is 0 Å². The molecule has 6 heteroatoms. The van der Waals surface area contributed by atoms with E-state index in [1.54, 1.807) is 31.3 Å². The van der Waals surface area contributed by atoms with E-state index in [1.165, 1.54) is 12.1 Å². The third-order valence-corrected chi connectivity index (χ3v) is 3.70. The topological polar surface area (TPSA) is 71.1 Å². The maximum atomic E-state index is 13.0. The maximum absolute atomic E-state index is 13.0. The highest BCUT2D eigenvalue weighted by Crippen LogP contribution is 2.16. The number of anilines is 2. The van der Waals surface area contributed by atoms with Crippen molar-refractivity contribution in [1.29, 1.82) is 0 Å². The molecule has 0 saturated heterocycles. The predicted molar refractivity (Wildman–Crippen MR) is 95.7 cm³/mol. The van der Waals surface area contributed by atoms with Crippen molar-refractivity contribution in [2.45, 2.75) is 39.0 Å². The first kappa shape index (κ1) is 18.6. The maximum Gasteiger partial charge on any atom is 0.225 e. The van der Waals surface area contributed by atoms with Crippen LogP contribution in [-0.4, -0.2) is 16.8 Å². The van der Waals surface area contributed by atoms with Crippen molar-refractivity contribution in [1.82, 2.24) is 4.98 Å². The van der Waals surface area contributed by atoms with Crippen LogP contribution in [0.5, 0.6) is 0 Å². The lowest BCUT2D eigenvalue weighted by Crippen LogP contribution is -2.13. The summed E-state index contributed by atoms with van der Waals surface area (Å²) in [6.07, 6.45) is 4.58. The first-order valence-electron chi connectivity index (χ1n) is 8.31. The molecule has 132 valence electrons. The van der Waals surface area contributed by atoms with Crippen molar-refractivity contribution in [2.24, 2.45) is 0 Å². The van der Waals surface area contributed by atoms with Crippen molar-refractivity contribution in [3.8, 4) is 0 Å². The lowest BCUT2D eigenvalue weighted by molar-refractivity contribution is -0.116. The van der Waals surface area contributed by atoms with Crippen LogP contribution in [0.15, 0.2) is 42.6 Å². The first-order valence-corrected chi connectivity index (χ1v) is 8.31. The molecule has 0 fully saturated rings. The molecule has 0 saturated carbocycles. The number of nitrogens with zero attached hydrogens (tertiary/aromatic N) is 1. The normalized spacial score (nSPS) is 10.3. The van der Waals surface area contributed by atoms with E-state index in [0.717, 1.165) is 6.42 Å². The Kier molecular flexibility index (Phi) is 7.07. The van der Waals surface area contributed by atoms with Gasteiger partial charge >= 0.3 is 0 Å². The first-order chi connectivity index (χ1) is 12.0. The van der Waals surface area contributed by atoms with E-state index in [1.807, 2.05) is 6.07 Å². The summed E-state index contributed by atoms with van der Waals surface area (Å²) in [5.74, 6) is 0.0405. The molecular formula is C19H22FN3O2. The largest absolute Gasteiger partial charge is 0.326 e. The molecule has 2 aromatic rings. The lowest BCUT2D eigenvalue weighted by Gasteiger charge is -2.08. The Morgan fingerprint density at radius 3 is 2.36 bits per heavy atom. The molecule has 0 unspecified atom stereocenters. The molecule has 0 atom stereocenters. The number of halogens is 1. The van der Waals surface area contributed by atoms with Gasteiger partial charge in [0.1, 0.15) is 11.6 Å². The van der Waals surface area contributed by atoms with E-state index < -0.39 is 0 Å². The van der Waals surface area contributed by atoms with Gasteiger partial charge in [-0.3, -0.25) is 9.59 Å². The van der Waals surface area contributed by atoms with Gasteiger partial charge < -0.3 is 10.6 Å². The zero-order chi connectivity index (χ0) is 18.1. The fourth-order valence-electron chi connectivity index (χ4n) is 2.37. The number of aryl methyl sites for hydroxylation is 1. The third kappa shape index (κ3) is 6.71. The van der Waals surface area contributed by atoms with Crippen molar-refractivity contribution >= 4 is 23.3 Å². The number of aromatic nitrogens is 1. The smallest absolute Gasteiger partial charge is 0.225 e. The molecule has 0 aliphatic carbocycles. The molecule has 1 aromatic heterocycles. The quantitative estimate of drug-likeness (QED) is 0.710. The fraction of sp³-hybridized carbons (Fsp3) is 0.316. The van der Waals surface area contributed by atoms with Crippen LogP contribution < -0.4 is 10.6 Å². The van der Waals surface area contributed by atoms with Gasteiger partial charge in [0.25, 0.3) is 0 Å². The number of unbranched alkanes of at least 4 members (excludes halogenated alkanes) is 2. The summed E-state index contributed by atoms with van der Waals surface area (Å²) in [5, 5.41) is 5.50. The highest BCUT2D eigenvalue weighted by molar-refractivity contribution is 5.91. The number of rotatable bonds is 8. The monoisotopic (exact) mass is 343 g/mol. The van der Waals surface area contributed by atoms with Crippen LogP contribution in [0.25, 0.3) is 0 Å². The third-order valence-electron chi connectivity index (χ3n) is 3.70. The minimum absolute atomic E-state index is 0.0786. The van der Waals surface area contributed by atoms with Crippen molar-refractivity contribution in [3.05, 3.63) is 54.0 Å². The van der Waals surface area contributed by atoms with Gasteiger partial charge in [-0.2, -0.15) is 0 Å². The van der Waals surface area contributed by atoms with E-state index >= 15 is 0 Å². The van der Waals surface area contributed by atoms with Crippen LogP contribution in [0.4, 0.5) is 15.9 Å². The molecule has 1 aromatic carbocycles. The summed E-state index contributed by atoms with van der Waals surface area (Å²) in [5.41, 5.74) is 1.32. The number of carbonyl (C=O) groups is 2. The summed E-state index contributed by atoms with van der Waals surface area (Å²) in [4.78, 5) is 27.7. The number of amides is 2. The average molecular weight is 343 g/mol. The summed E-state index contributed by atoms with van der Waals surface area (Å²) in [6, 6.07) is 9.60. The molecule has 1 heterocycles. The van der Waals surface area contributed by atoms with Gasteiger partial charge in [-0.25, -0.2) is 9.37 Å². The van der Waals surface area contributed by atoms with E-state index in [-0.39, 0.29) is 17.6 Å². The number of benzene rings is 1. The van der Waals surface area contributed by atoms with Crippen LogP contribution in [0, 0.1) is 12.7 Å². The Morgan fingerprint density at radius 1 is 1.00 bits per heavy atom. The van der Waals surface area contributed by atoms with Crippen LogP contribution >= 0.6 is 0 Å². The van der Waals surface area contributed by atoms with Crippen LogP contribution in [-0.2, 0) is 9.59 Å². The summed E-state index contributed by atoms with van der Waals surface area (Å²) >= 11 is 0. The van der Waals surface area contributed by atoms with Crippen LogP contribution in [0.2, 0.25) is 0 Å². The highest BCUT2D eigenvalue weighted by atomic mass is 19.1. The molecule has 0 radical (unpaired) electrons. The standard InChI is InChI=1S/C19H22FN3O2/c1-14-13-15(20)10-11-16(14)22-18(24)8-3-2-4-9-19(25)23-17-7-5-6-12-21-17/h5-7,10-13H,2-4,8-9H2,1H3,(H,22,24)(H,21,23,25). The van der Waals surface area contributed by atoms with Crippen molar-refractivity contribution in [3.63, 3.8) is 0 Å². The molecule has 0 bridgehead atoms. The van der Waals surface area contributed by atoms with E-state index in [4.69, 9.17) is 0 Å². The molecule has 0 aliphatic rings. The molecule has 2 N–H and O–H groups in total. The number of nitrogens with one attached hydrogen (secondary N) is 2. The predicted octanol–water partition coefficient (Wildman–Crippen LogP) is 4.06. The number of hydrogen-bond donors (Lipinski definition) is 2. The van der Waals surface area contributed by atoms with E-state index in [2.05, 4.69) is 15.6 Å². The molecule has 0 spiro atoms. The number of carbonyl (C=O) groups excluding carboxylic acids is 2. The Balaban J connectivity index is 1.61. The minimum atomic E-state index is -0.320. The van der Waals surface area contributed by atoms with Crippen molar-refractivity contribution < 1.29 is 14.0 Å². The Morgan fingerprint density at radius 2 is 1.72 bits per heavy atom. The van der Waals surface area contributed by atoms with E-state index in [9.17, 15) is 14.0 Å². The van der Waals surface area contributed by atoms with Gasteiger partial charge in [-0.1, -0.05) is 12.5 Å². The SMILES string of the molecule is Cc1cc(F)ccc1NC(=O)CCCCCC(=O)Nc1ccccn1. The highest BCUT2D eigenvalue weighted by Gasteiger charge is 2.07. The Labute approximate surface area is 146 Å². The van der Waals surface area contributed by atoms with Crippen molar-refractivity contribution in [2.75, 3.05) is 10.6 Å². The zero-order valence-electron chi connectivity index (χ0n) is 14.2. The van der Waals surface area contributed by atoms with Crippen LogP contribution in [0.1, 0.15) is 37.7 Å². The average Bonchev–Trinajstić information content (AvgIpc) is 2.58. The molecule has 0 aliphatic heterocycles. The van der Waals surface area contributed by atoms with Crippen LogP contribution in [0.3, 0.4) is 0 Å². The zero-order valence-corrected chi connectivity index (χ0v) is 14.2. The van der Waals surface area contributed by atoms with Gasteiger partial charge in [0, 0.05) is 24.7 Å². The second-order valence-corrected chi connectivity index (χ2v) is 5.83. The van der Waals surface area contributed by atoms with Gasteiger partial charge in [-0.15, -0.1) is 0 Å². The van der Waals surface area contributed by atoms with Gasteiger partial charge in [0.15, 0.2) is 0 Å². The number of pyridine rings is 1. The fourth-order valence-corrected chi connectivity index (χ4v) is 2.37. The molecular weight excluding hydrogens is 321 g/mol. The summed E-state index contributed by atoms with van der Waals surface area (Å²) in [7, 11) is 0. The summed E-state index contributed by atoms with van der Waals surface area (Å²) in [6.45, 7) is 1.75.